The Balaban J connectivity index is 1.77. The molecular formula is C16H16N4O3. The molecule has 1 aromatic carbocycles. The summed E-state index contributed by atoms with van der Waals surface area (Å²) in [5.41, 5.74) is 1.55. The number of aryl methyl sites for hydroxylation is 1. The van der Waals surface area contributed by atoms with E-state index in [9.17, 15) is 4.79 Å². The van der Waals surface area contributed by atoms with Gasteiger partial charge in [0.25, 0.3) is 0 Å². The smallest absolute Gasteiger partial charge is 0.408 e. The van der Waals surface area contributed by atoms with E-state index in [0.717, 1.165) is 5.56 Å². The van der Waals surface area contributed by atoms with Crippen molar-refractivity contribution in [1.29, 1.82) is 0 Å². The molecule has 7 heteroatoms. The van der Waals surface area contributed by atoms with Gasteiger partial charge in [-0.3, -0.25) is 0 Å². The fraction of sp³-hybridized carbons (Fsp3) is 0.250. The van der Waals surface area contributed by atoms with Crippen molar-refractivity contribution in [2.45, 2.75) is 19.6 Å². The summed E-state index contributed by atoms with van der Waals surface area (Å²) in [5, 5.41) is 9.94. The molecule has 23 heavy (non-hydrogen) atoms. The van der Waals surface area contributed by atoms with Crippen LogP contribution in [-0.2, 0) is 11.3 Å². The number of amides is 1. The van der Waals surface area contributed by atoms with E-state index in [0.29, 0.717) is 5.69 Å². The standard InChI is InChI=1S/C16H16N4O3/c1-3-14(11-22-15-18-12(2)9-17-20-15)19-16(21)23-10-13-7-5-4-6-8-13/h1,4-9,14H,10-11H2,2H3,(H,19,21). The fourth-order valence-corrected chi connectivity index (χ4v) is 1.62. The van der Waals surface area contributed by atoms with E-state index in [1.165, 1.54) is 6.20 Å². The van der Waals surface area contributed by atoms with Crippen LogP contribution in [0.3, 0.4) is 0 Å². The average molecular weight is 312 g/mol. The minimum absolute atomic E-state index is 0.0159. The highest BCUT2D eigenvalue weighted by atomic mass is 16.5. The van der Waals surface area contributed by atoms with Crippen molar-refractivity contribution in [3.05, 3.63) is 47.8 Å². The maximum absolute atomic E-state index is 11.7. The van der Waals surface area contributed by atoms with Gasteiger partial charge in [0.05, 0.1) is 11.9 Å². The van der Waals surface area contributed by atoms with E-state index in [4.69, 9.17) is 15.9 Å². The molecule has 1 amide bonds. The van der Waals surface area contributed by atoms with Crippen molar-refractivity contribution in [1.82, 2.24) is 20.5 Å². The highest BCUT2D eigenvalue weighted by Crippen LogP contribution is 2.02. The van der Waals surface area contributed by atoms with Crippen molar-refractivity contribution in [3.8, 4) is 18.4 Å². The van der Waals surface area contributed by atoms with Gasteiger partial charge in [0.15, 0.2) is 0 Å². The molecule has 7 nitrogen and oxygen atoms in total. The van der Waals surface area contributed by atoms with Crippen LogP contribution in [0, 0.1) is 19.3 Å². The van der Waals surface area contributed by atoms with Gasteiger partial charge in [0, 0.05) is 0 Å². The lowest BCUT2D eigenvalue weighted by atomic mass is 10.2. The summed E-state index contributed by atoms with van der Waals surface area (Å²) in [5.74, 6) is 2.40. The number of alkyl carbamates (subject to hydrolysis) is 1. The van der Waals surface area contributed by atoms with Gasteiger partial charge in [-0.1, -0.05) is 41.4 Å². The summed E-state index contributed by atoms with van der Waals surface area (Å²) in [6, 6.07) is 8.77. The van der Waals surface area contributed by atoms with Crippen LogP contribution in [0.5, 0.6) is 6.01 Å². The predicted molar refractivity (Wildman–Crippen MR) is 82.4 cm³/mol. The molecule has 118 valence electrons. The van der Waals surface area contributed by atoms with E-state index in [2.05, 4.69) is 26.4 Å². The molecule has 2 aromatic rings. The molecule has 0 radical (unpaired) electrons. The molecule has 1 heterocycles. The van der Waals surface area contributed by atoms with Gasteiger partial charge in [-0.25, -0.2) is 4.79 Å². The number of ether oxygens (including phenoxy) is 2. The van der Waals surface area contributed by atoms with Crippen molar-refractivity contribution in [3.63, 3.8) is 0 Å². The number of carbonyl (C=O) groups is 1. The number of hydrogen-bond acceptors (Lipinski definition) is 6. The van der Waals surface area contributed by atoms with E-state index in [1.54, 1.807) is 6.92 Å². The second-order valence-corrected chi connectivity index (χ2v) is 4.62. The van der Waals surface area contributed by atoms with Crippen molar-refractivity contribution >= 4 is 6.09 Å². The quantitative estimate of drug-likeness (QED) is 0.813. The third-order valence-corrected chi connectivity index (χ3v) is 2.74. The molecule has 0 aliphatic heterocycles. The number of hydrogen-bond donors (Lipinski definition) is 1. The lowest BCUT2D eigenvalue weighted by Gasteiger charge is -2.13. The zero-order valence-electron chi connectivity index (χ0n) is 12.6. The molecule has 0 bridgehead atoms. The minimum Gasteiger partial charge on any atom is -0.459 e. The second kappa shape index (κ2) is 8.34. The van der Waals surface area contributed by atoms with Crippen LogP contribution in [0.4, 0.5) is 4.79 Å². The Kier molecular flexibility index (Phi) is 5.89. The number of rotatable bonds is 6. The van der Waals surface area contributed by atoms with E-state index in [1.807, 2.05) is 30.3 Å². The van der Waals surface area contributed by atoms with Crippen LogP contribution in [0.1, 0.15) is 11.3 Å². The largest absolute Gasteiger partial charge is 0.459 e. The molecule has 0 fully saturated rings. The zero-order chi connectivity index (χ0) is 16.5. The summed E-state index contributed by atoms with van der Waals surface area (Å²) < 4.78 is 10.4. The first-order valence-electron chi connectivity index (χ1n) is 6.90. The Morgan fingerprint density at radius 1 is 1.39 bits per heavy atom. The van der Waals surface area contributed by atoms with E-state index in [-0.39, 0.29) is 19.2 Å². The monoisotopic (exact) mass is 312 g/mol. The second-order valence-electron chi connectivity index (χ2n) is 4.62. The van der Waals surface area contributed by atoms with Gasteiger partial charge in [0.1, 0.15) is 19.3 Å². The number of aromatic nitrogens is 3. The highest BCUT2D eigenvalue weighted by molar-refractivity contribution is 5.68. The Labute approximate surface area is 134 Å². The molecule has 0 aliphatic rings. The van der Waals surface area contributed by atoms with Gasteiger partial charge in [0.2, 0.25) is 0 Å². The van der Waals surface area contributed by atoms with Crippen LogP contribution < -0.4 is 10.1 Å². The molecule has 1 atom stereocenters. The Morgan fingerprint density at radius 2 is 2.17 bits per heavy atom. The van der Waals surface area contributed by atoms with Crippen molar-refractivity contribution in [2.75, 3.05) is 6.61 Å². The molecule has 2 rings (SSSR count). The number of nitrogens with one attached hydrogen (secondary N) is 1. The number of nitrogens with zero attached hydrogens (tertiary/aromatic N) is 3. The molecule has 0 aliphatic carbocycles. The number of benzene rings is 1. The average Bonchev–Trinajstić information content (AvgIpc) is 2.58. The van der Waals surface area contributed by atoms with Gasteiger partial charge >= 0.3 is 12.1 Å². The predicted octanol–water partition coefficient (Wildman–Crippen LogP) is 1.49. The van der Waals surface area contributed by atoms with Crippen LogP contribution in [0.2, 0.25) is 0 Å². The van der Waals surface area contributed by atoms with Gasteiger partial charge < -0.3 is 14.8 Å². The summed E-state index contributed by atoms with van der Waals surface area (Å²) in [4.78, 5) is 15.7. The van der Waals surface area contributed by atoms with Crippen molar-refractivity contribution in [2.24, 2.45) is 0 Å². The summed E-state index contributed by atoms with van der Waals surface area (Å²) >= 11 is 0. The first-order chi connectivity index (χ1) is 11.2. The fourth-order valence-electron chi connectivity index (χ4n) is 1.62. The van der Waals surface area contributed by atoms with E-state index >= 15 is 0 Å². The molecule has 1 N–H and O–H groups in total. The third-order valence-electron chi connectivity index (χ3n) is 2.74. The van der Waals surface area contributed by atoms with Gasteiger partial charge in [-0.15, -0.1) is 6.42 Å². The first kappa shape index (κ1) is 16.2. The van der Waals surface area contributed by atoms with E-state index < -0.39 is 12.1 Å². The Bertz CT molecular complexity index is 685. The van der Waals surface area contributed by atoms with Crippen LogP contribution >= 0.6 is 0 Å². The SMILES string of the molecule is C#CC(COc1nncc(C)n1)NC(=O)OCc1ccccc1. The first-order valence-corrected chi connectivity index (χ1v) is 6.90. The molecule has 1 unspecified atom stereocenters. The Morgan fingerprint density at radius 3 is 2.87 bits per heavy atom. The van der Waals surface area contributed by atoms with Crippen LogP contribution in [0.25, 0.3) is 0 Å². The Hall–Kier alpha value is -3.14. The van der Waals surface area contributed by atoms with Crippen molar-refractivity contribution < 1.29 is 14.3 Å². The molecule has 0 saturated heterocycles. The maximum Gasteiger partial charge on any atom is 0.408 e. The summed E-state index contributed by atoms with van der Waals surface area (Å²) in [7, 11) is 0. The number of terminal acetylenes is 1. The molecule has 1 aromatic heterocycles. The third kappa shape index (κ3) is 5.63. The lowest BCUT2D eigenvalue weighted by molar-refractivity contribution is 0.134. The highest BCUT2D eigenvalue weighted by Gasteiger charge is 2.12. The normalized spacial score (nSPS) is 11.1. The molecule has 0 saturated carbocycles. The summed E-state index contributed by atoms with van der Waals surface area (Å²) in [6.45, 7) is 1.94. The molecule has 0 spiro atoms. The van der Waals surface area contributed by atoms with Crippen LogP contribution in [0.15, 0.2) is 36.5 Å². The zero-order valence-corrected chi connectivity index (χ0v) is 12.6. The minimum atomic E-state index is -0.664. The topological polar surface area (TPSA) is 86.2 Å². The van der Waals surface area contributed by atoms with Gasteiger partial charge in [-0.05, 0) is 12.5 Å². The molecular weight excluding hydrogens is 296 g/mol. The lowest BCUT2D eigenvalue weighted by Crippen LogP contribution is -2.38. The maximum atomic E-state index is 11.7. The van der Waals surface area contributed by atoms with Gasteiger partial charge in [-0.2, -0.15) is 10.1 Å². The number of carbonyl (C=O) groups excluding carboxylic acids is 1. The van der Waals surface area contributed by atoms with Crippen LogP contribution in [-0.4, -0.2) is 33.9 Å². The summed E-state index contributed by atoms with van der Waals surface area (Å²) in [6.07, 6.45) is 6.25.